The minimum atomic E-state index is 0.918. The van der Waals surface area contributed by atoms with Crippen LogP contribution >= 0.6 is 23.5 Å². The lowest BCUT2D eigenvalue weighted by Crippen LogP contribution is -1.85. The Bertz CT molecular complexity index is 176. The van der Waals surface area contributed by atoms with E-state index < -0.39 is 0 Å². The third-order valence-corrected chi connectivity index (χ3v) is 3.10. The first kappa shape index (κ1) is 8.93. The molecular formula is C6H11N3S2. The molecule has 5 heteroatoms. The van der Waals surface area contributed by atoms with E-state index in [0.717, 1.165) is 10.9 Å². The van der Waals surface area contributed by atoms with Gasteiger partial charge < -0.3 is 0 Å². The Labute approximate surface area is 74.8 Å². The van der Waals surface area contributed by atoms with Crippen molar-refractivity contribution in [2.75, 3.05) is 17.3 Å². The Morgan fingerprint density at radius 3 is 3.09 bits per heavy atom. The van der Waals surface area contributed by atoms with E-state index in [-0.39, 0.29) is 0 Å². The van der Waals surface area contributed by atoms with Gasteiger partial charge in [0.1, 0.15) is 6.33 Å². The van der Waals surface area contributed by atoms with Gasteiger partial charge in [0.15, 0.2) is 5.16 Å². The van der Waals surface area contributed by atoms with Gasteiger partial charge in [0.2, 0.25) is 0 Å². The first-order valence-corrected chi connectivity index (χ1v) is 5.63. The molecule has 1 aromatic rings. The van der Waals surface area contributed by atoms with Crippen LogP contribution in [0.2, 0.25) is 0 Å². The lowest BCUT2D eigenvalue weighted by molar-refractivity contribution is 0.974. The van der Waals surface area contributed by atoms with Crippen LogP contribution in [0.5, 0.6) is 0 Å². The van der Waals surface area contributed by atoms with Crippen LogP contribution in [0, 0.1) is 0 Å². The molecule has 0 unspecified atom stereocenters. The molecule has 0 saturated carbocycles. The van der Waals surface area contributed by atoms with Crippen molar-refractivity contribution in [1.29, 1.82) is 0 Å². The molecular weight excluding hydrogens is 178 g/mol. The predicted octanol–water partition coefficient (Wildman–Crippen LogP) is 1.65. The third-order valence-electron chi connectivity index (χ3n) is 1.06. The van der Waals surface area contributed by atoms with E-state index in [4.69, 9.17) is 0 Å². The smallest absolute Gasteiger partial charge is 0.183 e. The van der Waals surface area contributed by atoms with E-state index in [2.05, 4.69) is 22.1 Å². The number of nitrogens with zero attached hydrogens (tertiary/aromatic N) is 2. The molecule has 3 nitrogen and oxygen atoms in total. The number of aromatic amines is 1. The minimum absolute atomic E-state index is 0.918. The number of nitrogens with one attached hydrogen (secondary N) is 1. The van der Waals surface area contributed by atoms with E-state index in [9.17, 15) is 0 Å². The van der Waals surface area contributed by atoms with Gasteiger partial charge in [-0.2, -0.15) is 16.9 Å². The van der Waals surface area contributed by atoms with Crippen LogP contribution in [0.3, 0.4) is 0 Å². The van der Waals surface area contributed by atoms with Gasteiger partial charge in [-0.05, 0) is 5.75 Å². The fourth-order valence-corrected chi connectivity index (χ4v) is 2.13. The summed E-state index contributed by atoms with van der Waals surface area (Å²) in [7, 11) is 0. The van der Waals surface area contributed by atoms with Crippen molar-refractivity contribution in [3.05, 3.63) is 6.33 Å². The largest absolute Gasteiger partial charge is 0.254 e. The summed E-state index contributed by atoms with van der Waals surface area (Å²) in [6, 6.07) is 0. The fraction of sp³-hybridized carbons (Fsp3) is 0.667. The van der Waals surface area contributed by atoms with Crippen LogP contribution in [-0.2, 0) is 0 Å². The minimum Gasteiger partial charge on any atom is -0.254 e. The second kappa shape index (κ2) is 5.49. The first-order valence-electron chi connectivity index (χ1n) is 3.49. The van der Waals surface area contributed by atoms with Gasteiger partial charge >= 0.3 is 0 Å². The predicted molar refractivity (Wildman–Crippen MR) is 50.1 cm³/mol. The molecule has 0 aromatic carbocycles. The summed E-state index contributed by atoms with van der Waals surface area (Å²) in [5.41, 5.74) is 0. The maximum absolute atomic E-state index is 4.00. The summed E-state index contributed by atoms with van der Waals surface area (Å²) >= 11 is 3.66. The summed E-state index contributed by atoms with van der Waals surface area (Å²) < 4.78 is 0. The number of thioether (sulfide) groups is 2. The van der Waals surface area contributed by atoms with Gasteiger partial charge in [-0.1, -0.05) is 18.7 Å². The molecule has 0 spiro atoms. The van der Waals surface area contributed by atoms with Crippen molar-refractivity contribution < 1.29 is 0 Å². The maximum Gasteiger partial charge on any atom is 0.183 e. The van der Waals surface area contributed by atoms with Gasteiger partial charge in [-0.15, -0.1) is 0 Å². The van der Waals surface area contributed by atoms with Crippen molar-refractivity contribution in [1.82, 2.24) is 15.2 Å². The van der Waals surface area contributed by atoms with E-state index in [1.54, 1.807) is 11.8 Å². The van der Waals surface area contributed by atoms with E-state index in [1.165, 1.54) is 17.8 Å². The van der Waals surface area contributed by atoms with Crippen molar-refractivity contribution >= 4 is 23.5 Å². The van der Waals surface area contributed by atoms with Crippen LogP contribution in [0.15, 0.2) is 11.5 Å². The molecule has 62 valence electrons. The van der Waals surface area contributed by atoms with Crippen molar-refractivity contribution in [2.45, 2.75) is 12.1 Å². The summed E-state index contributed by atoms with van der Waals surface area (Å²) in [6.07, 6.45) is 1.54. The number of rotatable bonds is 5. The van der Waals surface area contributed by atoms with E-state index in [1.807, 2.05) is 11.8 Å². The van der Waals surface area contributed by atoms with Gasteiger partial charge in [0, 0.05) is 11.5 Å². The zero-order valence-corrected chi connectivity index (χ0v) is 8.04. The molecule has 0 amide bonds. The Morgan fingerprint density at radius 1 is 1.55 bits per heavy atom. The summed E-state index contributed by atoms with van der Waals surface area (Å²) in [6.45, 7) is 2.17. The molecule has 0 aliphatic carbocycles. The summed E-state index contributed by atoms with van der Waals surface area (Å²) in [4.78, 5) is 4.00. The molecule has 0 radical (unpaired) electrons. The first-order chi connectivity index (χ1) is 5.43. The van der Waals surface area contributed by atoms with Gasteiger partial charge in [-0.25, -0.2) is 4.98 Å². The van der Waals surface area contributed by atoms with Crippen LogP contribution in [0.25, 0.3) is 0 Å². The summed E-state index contributed by atoms with van der Waals surface area (Å²) in [5, 5.41) is 7.48. The molecule has 1 N–H and O–H groups in total. The quantitative estimate of drug-likeness (QED) is 0.565. The SMILES string of the molecule is CCSCCSc1ncn[nH]1. The van der Waals surface area contributed by atoms with Gasteiger partial charge in [-0.3, -0.25) is 5.10 Å². The van der Waals surface area contributed by atoms with Crippen molar-refractivity contribution in [2.24, 2.45) is 0 Å². The molecule has 1 rings (SSSR count). The maximum atomic E-state index is 4.00. The Kier molecular flexibility index (Phi) is 4.45. The van der Waals surface area contributed by atoms with E-state index >= 15 is 0 Å². The highest BCUT2D eigenvalue weighted by Gasteiger charge is 1.94. The average molecular weight is 189 g/mol. The molecule has 1 heterocycles. The zero-order valence-electron chi connectivity index (χ0n) is 6.41. The molecule has 0 fully saturated rings. The standard InChI is InChI=1S/C6H11N3S2/c1-2-10-3-4-11-6-7-5-8-9-6/h5H,2-4H2,1H3,(H,7,8,9). The molecule has 0 atom stereocenters. The lowest BCUT2D eigenvalue weighted by Gasteiger charge is -1.94. The fourth-order valence-electron chi connectivity index (χ4n) is 0.605. The lowest BCUT2D eigenvalue weighted by atomic mass is 10.9. The molecule has 0 bridgehead atoms. The van der Waals surface area contributed by atoms with Crippen LogP contribution in [-0.4, -0.2) is 32.4 Å². The topological polar surface area (TPSA) is 41.6 Å². The highest BCUT2D eigenvalue weighted by atomic mass is 32.2. The number of aromatic nitrogens is 3. The van der Waals surface area contributed by atoms with E-state index in [0.29, 0.717) is 0 Å². The average Bonchev–Trinajstić information content (AvgIpc) is 2.50. The highest BCUT2D eigenvalue weighted by Crippen LogP contribution is 2.12. The zero-order chi connectivity index (χ0) is 7.94. The van der Waals surface area contributed by atoms with Crippen LogP contribution in [0.4, 0.5) is 0 Å². The molecule has 1 aromatic heterocycles. The van der Waals surface area contributed by atoms with Gasteiger partial charge in [0.05, 0.1) is 0 Å². The number of H-pyrrole nitrogens is 1. The van der Waals surface area contributed by atoms with Crippen molar-refractivity contribution in [3.63, 3.8) is 0 Å². The third kappa shape index (κ3) is 3.67. The Balaban J connectivity index is 2.04. The van der Waals surface area contributed by atoms with Gasteiger partial charge in [0.25, 0.3) is 0 Å². The monoisotopic (exact) mass is 189 g/mol. The second-order valence-electron chi connectivity index (χ2n) is 1.84. The number of hydrogen-bond donors (Lipinski definition) is 1. The normalized spacial score (nSPS) is 10.3. The second-order valence-corrected chi connectivity index (χ2v) is 4.31. The molecule has 0 aliphatic rings. The highest BCUT2D eigenvalue weighted by molar-refractivity contribution is 8.02. The summed E-state index contributed by atoms with van der Waals surface area (Å²) in [5.74, 6) is 3.48. The molecule has 0 aliphatic heterocycles. The molecule has 0 saturated heterocycles. The molecule has 11 heavy (non-hydrogen) atoms. The Morgan fingerprint density at radius 2 is 2.45 bits per heavy atom. The van der Waals surface area contributed by atoms with Crippen LogP contribution in [0.1, 0.15) is 6.92 Å². The van der Waals surface area contributed by atoms with Crippen molar-refractivity contribution in [3.8, 4) is 0 Å². The number of hydrogen-bond acceptors (Lipinski definition) is 4. The Hall–Kier alpha value is -0.160. The van der Waals surface area contributed by atoms with Crippen LogP contribution < -0.4 is 0 Å².